The van der Waals surface area contributed by atoms with Gasteiger partial charge in [0.2, 0.25) is 5.91 Å². The molecule has 0 rings (SSSR count). The van der Waals surface area contributed by atoms with Crippen molar-refractivity contribution in [3.63, 3.8) is 0 Å². The van der Waals surface area contributed by atoms with Crippen LogP contribution < -0.4 is 5.32 Å². The molecule has 0 heterocycles. The fraction of sp³-hybridized carbons (Fsp3) is 0.778. The summed E-state index contributed by atoms with van der Waals surface area (Å²) in [6, 6.07) is -0.504. The highest BCUT2D eigenvalue weighted by atomic mass is 16.4. The second-order valence-electron chi connectivity index (χ2n) is 4.03. The molecule has 1 atom stereocenters. The molecule has 0 aromatic heterocycles. The Kier molecular flexibility index (Phi) is 4.07. The van der Waals surface area contributed by atoms with Gasteiger partial charge in [-0.05, 0) is 20.8 Å². The highest BCUT2D eigenvalue weighted by Crippen LogP contribution is 2.04. The van der Waals surface area contributed by atoms with Gasteiger partial charge < -0.3 is 10.0 Å². The van der Waals surface area contributed by atoms with E-state index in [0.717, 1.165) is 0 Å². The lowest BCUT2D eigenvalue weighted by atomic mass is 10.0. The second kappa shape index (κ2) is 4.41. The van der Waals surface area contributed by atoms with Crippen molar-refractivity contribution in [2.24, 2.45) is 0 Å². The Hall–Kier alpha value is -1.10. The maximum atomic E-state index is 11.4. The summed E-state index contributed by atoms with van der Waals surface area (Å²) in [6.07, 6.45) is 0. The van der Waals surface area contributed by atoms with Crippen LogP contribution in [0.3, 0.4) is 0 Å². The topological polar surface area (TPSA) is 69.6 Å². The van der Waals surface area contributed by atoms with E-state index in [1.807, 2.05) is 0 Å². The van der Waals surface area contributed by atoms with Crippen molar-refractivity contribution in [2.75, 3.05) is 14.1 Å². The van der Waals surface area contributed by atoms with Crippen LogP contribution in [-0.4, -0.2) is 47.6 Å². The number of carbonyl (C=O) groups excluding carboxylic acids is 1. The summed E-state index contributed by atoms with van der Waals surface area (Å²) in [5.41, 5.74) is -1.09. The molecular formula is C9H18N2O3. The average Bonchev–Trinajstić information content (AvgIpc) is 2.01. The van der Waals surface area contributed by atoms with Crippen LogP contribution in [0.4, 0.5) is 0 Å². The Morgan fingerprint density at radius 2 is 1.79 bits per heavy atom. The first-order valence-corrected chi connectivity index (χ1v) is 4.40. The molecular weight excluding hydrogens is 184 g/mol. The van der Waals surface area contributed by atoms with E-state index in [1.165, 1.54) is 18.7 Å². The molecule has 0 saturated carbocycles. The van der Waals surface area contributed by atoms with Crippen molar-refractivity contribution >= 4 is 11.9 Å². The zero-order valence-corrected chi connectivity index (χ0v) is 9.29. The molecule has 0 bridgehead atoms. The van der Waals surface area contributed by atoms with Crippen LogP contribution in [0.5, 0.6) is 0 Å². The van der Waals surface area contributed by atoms with E-state index in [1.54, 1.807) is 21.0 Å². The van der Waals surface area contributed by atoms with E-state index in [2.05, 4.69) is 5.32 Å². The van der Waals surface area contributed by atoms with Crippen molar-refractivity contribution in [3.8, 4) is 0 Å². The van der Waals surface area contributed by atoms with Crippen LogP contribution in [0.25, 0.3) is 0 Å². The predicted octanol–water partition coefficient (Wildman–Crippen LogP) is -0.0841. The molecule has 0 aliphatic carbocycles. The summed E-state index contributed by atoms with van der Waals surface area (Å²) in [5, 5.41) is 11.6. The lowest BCUT2D eigenvalue weighted by Gasteiger charge is -2.26. The third-order valence-corrected chi connectivity index (χ3v) is 1.92. The van der Waals surface area contributed by atoms with Crippen molar-refractivity contribution in [1.29, 1.82) is 0 Å². The summed E-state index contributed by atoms with van der Waals surface area (Å²) in [6.45, 7) is 4.69. The van der Waals surface area contributed by atoms with Gasteiger partial charge in [-0.15, -0.1) is 0 Å². The Morgan fingerprint density at radius 1 is 1.36 bits per heavy atom. The van der Waals surface area contributed by atoms with E-state index in [0.29, 0.717) is 0 Å². The average molecular weight is 202 g/mol. The summed E-state index contributed by atoms with van der Waals surface area (Å²) in [5.74, 6) is -1.12. The fourth-order valence-electron chi connectivity index (χ4n) is 1.05. The quantitative estimate of drug-likeness (QED) is 0.668. The van der Waals surface area contributed by atoms with Gasteiger partial charge in [-0.3, -0.25) is 14.9 Å². The minimum atomic E-state index is -1.09. The molecule has 0 aromatic rings. The van der Waals surface area contributed by atoms with E-state index < -0.39 is 17.6 Å². The SMILES string of the molecule is CC(NC(C)(C)C(=O)O)C(=O)N(C)C. The second-order valence-corrected chi connectivity index (χ2v) is 4.03. The number of amides is 1. The first kappa shape index (κ1) is 12.9. The van der Waals surface area contributed by atoms with Crippen LogP contribution in [-0.2, 0) is 9.59 Å². The van der Waals surface area contributed by atoms with Gasteiger partial charge in [0.1, 0.15) is 5.54 Å². The molecule has 5 heteroatoms. The van der Waals surface area contributed by atoms with Gasteiger partial charge in [0.25, 0.3) is 0 Å². The Balaban J connectivity index is 4.39. The predicted molar refractivity (Wildman–Crippen MR) is 53.0 cm³/mol. The number of hydrogen-bond donors (Lipinski definition) is 2. The molecule has 1 amide bonds. The molecule has 82 valence electrons. The van der Waals surface area contributed by atoms with Crippen LogP contribution in [0.15, 0.2) is 0 Å². The van der Waals surface area contributed by atoms with Crippen molar-refractivity contribution < 1.29 is 14.7 Å². The molecule has 0 fully saturated rings. The third-order valence-electron chi connectivity index (χ3n) is 1.92. The molecule has 0 spiro atoms. The standard InChI is InChI=1S/C9H18N2O3/c1-6(7(12)11(4)5)10-9(2,3)8(13)14/h6,10H,1-5H3,(H,13,14). The number of nitrogens with one attached hydrogen (secondary N) is 1. The number of nitrogens with zero attached hydrogens (tertiary/aromatic N) is 1. The van der Waals surface area contributed by atoms with E-state index in [9.17, 15) is 9.59 Å². The molecule has 0 aliphatic rings. The van der Waals surface area contributed by atoms with Crippen molar-refractivity contribution in [3.05, 3.63) is 0 Å². The van der Waals surface area contributed by atoms with Gasteiger partial charge in [0.05, 0.1) is 6.04 Å². The van der Waals surface area contributed by atoms with Gasteiger partial charge in [0, 0.05) is 14.1 Å². The van der Waals surface area contributed by atoms with Gasteiger partial charge in [0.15, 0.2) is 0 Å². The van der Waals surface area contributed by atoms with Crippen LogP contribution in [0.2, 0.25) is 0 Å². The fourth-order valence-corrected chi connectivity index (χ4v) is 1.05. The van der Waals surface area contributed by atoms with E-state index in [4.69, 9.17) is 5.11 Å². The van der Waals surface area contributed by atoms with Crippen LogP contribution in [0.1, 0.15) is 20.8 Å². The normalized spacial score (nSPS) is 13.5. The van der Waals surface area contributed by atoms with Gasteiger partial charge in [-0.25, -0.2) is 0 Å². The Labute approximate surface area is 84.1 Å². The molecule has 0 aliphatic heterocycles. The molecule has 1 unspecified atom stereocenters. The first-order chi connectivity index (χ1) is 6.18. The minimum Gasteiger partial charge on any atom is -0.480 e. The lowest BCUT2D eigenvalue weighted by molar-refractivity contribution is -0.144. The number of carbonyl (C=O) groups is 2. The van der Waals surface area contributed by atoms with Crippen LogP contribution in [0, 0.1) is 0 Å². The van der Waals surface area contributed by atoms with Crippen molar-refractivity contribution in [1.82, 2.24) is 10.2 Å². The highest BCUT2D eigenvalue weighted by molar-refractivity contribution is 5.83. The van der Waals surface area contributed by atoms with Gasteiger partial charge in [-0.1, -0.05) is 0 Å². The number of hydrogen-bond acceptors (Lipinski definition) is 3. The monoisotopic (exact) mass is 202 g/mol. The summed E-state index contributed by atoms with van der Waals surface area (Å²) >= 11 is 0. The zero-order valence-electron chi connectivity index (χ0n) is 9.29. The zero-order chi connectivity index (χ0) is 11.5. The largest absolute Gasteiger partial charge is 0.480 e. The number of likely N-dealkylation sites (N-methyl/N-ethyl adjacent to an activating group) is 1. The number of carboxylic acids is 1. The maximum Gasteiger partial charge on any atom is 0.323 e. The first-order valence-electron chi connectivity index (χ1n) is 4.40. The Morgan fingerprint density at radius 3 is 2.07 bits per heavy atom. The number of carboxylic acid groups (broad SMARTS) is 1. The molecule has 14 heavy (non-hydrogen) atoms. The summed E-state index contributed by atoms with van der Waals surface area (Å²) in [7, 11) is 3.27. The summed E-state index contributed by atoms with van der Waals surface area (Å²) < 4.78 is 0. The molecule has 5 nitrogen and oxygen atoms in total. The third kappa shape index (κ3) is 3.33. The summed E-state index contributed by atoms with van der Waals surface area (Å²) in [4.78, 5) is 23.6. The number of aliphatic carboxylic acids is 1. The van der Waals surface area contributed by atoms with Crippen molar-refractivity contribution in [2.45, 2.75) is 32.4 Å². The molecule has 0 aromatic carbocycles. The van der Waals surface area contributed by atoms with Crippen LogP contribution >= 0.6 is 0 Å². The lowest BCUT2D eigenvalue weighted by Crippen LogP contribution is -2.55. The van der Waals surface area contributed by atoms with Gasteiger partial charge >= 0.3 is 5.97 Å². The number of rotatable bonds is 4. The molecule has 0 saturated heterocycles. The van der Waals surface area contributed by atoms with Gasteiger partial charge in [-0.2, -0.15) is 0 Å². The Bertz CT molecular complexity index is 236. The molecule has 0 radical (unpaired) electrons. The maximum absolute atomic E-state index is 11.4. The van der Waals surface area contributed by atoms with E-state index in [-0.39, 0.29) is 5.91 Å². The smallest absolute Gasteiger partial charge is 0.323 e. The van der Waals surface area contributed by atoms with E-state index >= 15 is 0 Å². The highest BCUT2D eigenvalue weighted by Gasteiger charge is 2.30. The minimum absolute atomic E-state index is 0.140. The molecule has 2 N–H and O–H groups in total.